The van der Waals surface area contributed by atoms with Crippen molar-refractivity contribution in [3.05, 3.63) is 29.3 Å². The molecule has 0 aliphatic carbocycles. The zero-order valence-corrected chi connectivity index (χ0v) is 15.3. The van der Waals surface area contributed by atoms with Gasteiger partial charge in [-0.3, -0.25) is 9.69 Å². The van der Waals surface area contributed by atoms with E-state index in [0.29, 0.717) is 12.8 Å². The molecule has 1 N–H and O–H groups in total. The Balaban J connectivity index is 2.13. The van der Waals surface area contributed by atoms with Crippen LogP contribution in [0.5, 0.6) is 0 Å². The third kappa shape index (κ3) is 4.54. The number of benzene rings is 1. The lowest BCUT2D eigenvalue weighted by Gasteiger charge is -2.35. The highest BCUT2D eigenvalue weighted by Gasteiger charge is 2.34. The first-order valence-corrected chi connectivity index (χ1v) is 9.47. The molecule has 1 fully saturated rings. The Morgan fingerprint density at radius 1 is 1.31 bits per heavy atom. The second kappa shape index (κ2) is 7.53. The van der Waals surface area contributed by atoms with Crippen molar-refractivity contribution < 1.29 is 31.5 Å². The Kier molecular flexibility index (Phi) is 5.99. The molecule has 0 radical (unpaired) electrons. The lowest BCUT2D eigenvalue weighted by atomic mass is 10.1. The topological polar surface area (TPSA) is 77.9 Å². The molecule has 0 atom stereocenters. The van der Waals surface area contributed by atoms with Gasteiger partial charge in [-0.15, -0.1) is 0 Å². The first-order chi connectivity index (χ1) is 11.9. The van der Waals surface area contributed by atoms with E-state index in [2.05, 4.69) is 0 Å². The van der Waals surface area contributed by atoms with Crippen molar-refractivity contribution in [2.75, 3.05) is 26.7 Å². The summed E-state index contributed by atoms with van der Waals surface area (Å²) in [7, 11) is -2.23. The zero-order chi connectivity index (χ0) is 19.7. The van der Waals surface area contributed by atoms with Crippen LogP contribution in [0.4, 0.5) is 13.2 Å². The molecule has 1 aromatic carbocycles. The van der Waals surface area contributed by atoms with Crippen molar-refractivity contribution in [2.45, 2.75) is 36.9 Å². The first-order valence-electron chi connectivity index (χ1n) is 8.03. The van der Waals surface area contributed by atoms with Crippen molar-refractivity contribution in [1.29, 1.82) is 0 Å². The van der Waals surface area contributed by atoms with Crippen LogP contribution >= 0.6 is 0 Å². The Morgan fingerprint density at radius 2 is 1.88 bits per heavy atom. The Bertz CT molecular complexity index is 772. The quantitative estimate of drug-likeness (QED) is 0.828. The van der Waals surface area contributed by atoms with E-state index in [4.69, 9.17) is 5.11 Å². The Hall–Kier alpha value is -1.65. The fraction of sp³-hybridized carbons (Fsp3) is 0.562. The number of carboxylic acids is 1. The summed E-state index contributed by atoms with van der Waals surface area (Å²) in [6.07, 6.45) is -3.61. The van der Waals surface area contributed by atoms with Crippen LogP contribution < -0.4 is 0 Å². The molecule has 6 nitrogen and oxygen atoms in total. The molecule has 1 aromatic rings. The highest BCUT2D eigenvalue weighted by molar-refractivity contribution is 7.89. The van der Waals surface area contributed by atoms with Crippen molar-refractivity contribution in [2.24, 2.45) is 0 Å². The second-order valence-corrected chi connectivity index (χ2v) is 8.33. The number of sulfonamides is 1. The minimum Gasteiger partial charge on any atom is -0.480 e. The van der Waals surface area contributed by atoms with Gasteiger partial charge in [0.25, 0.3) is 0 Å². The molecule has 0 unspecified atom stereocenters. The third-order valence-electron chi connectivity index (χ3n) is 4.55. The standard InChI is InChI=1S/C16H21F3N2O4S/c1-11-9-12(16(17,18)19)3-4-14(11)26(24,25)21-7-5-13(6-8-21)20(2)10-15(22)23/h3-4,9,13H,5-8,10H2,1-2H3,(H,22,23). The summed E-state index contributed by atoms with van der Waals surface area (Å²) in [6.45, 7) is 1.60. The number of halogens is 3. The number of carboxylic acid groups (broad SMARTS) is 1. The maximum absolute atomic E-state index is 12.8. The third-order valence-corrected chi connectivity index (χ3v) is 6.61. The molecule has 1 aliphatic heterocycles. The number of alkyl halides is 3. The van der Waals surface area contributed by atoms with Crippen molar-refractivity contribution >= 4 is 16.0 Å². The minimum atomic E-state index is -4.53. The number of likely N-dealkylation sites (N-methyl/N-ethyl adjacent to an activating group) is 1. The van der Waals surface area contributed by atoms with Gasteiger partial charge in [0, 0.05) is 19.1 Å². The minimum absolute atomic E-state index is 0.0462. The molecule has 2 rings (SSSR count). The molecule has 0 amide bonds. The molecule has 1 heterocycles. The number of aliphatic carboxylic acids is 1. The van der Waals surface area contributed by atoms with Crippen LogP contribution in [0.1, 0.15) is 24.0 Å². The number of hydrogen-bond donors (Lipinski definition) is 1. The number of carbonyl (C=O) groups is 1. The number of nitrogens with zero attached hydrogens (tertiary/aromatic N) is 2. The van der Waals surface area contributed by atoms with Gasteiger partial charge < -0.3 is 5.11 Å². The van der Waals surface area contributed by atoms with E-state index < -0.39 is 27.7 Å². The van der Waals surface area contributed by atoms with Crippen molar-refractivity contribution in [3.63, 3.8) is 0 Å². The molecule has 0 saturated carbocycles. The van der Waals surface area contributed by atoms with Crippen LogP contribution in [-0.4, -0.2) is 61.4 Å². The van der Waals surface area contributed by atoms with Gasteiger partial charge in [-0.1, -0.05) is 0 Å². The summed E-state index contributed by atoms with van der Waals surface area (Å²) in [5.74, 6) is -0.956. The van der Waals surface area contributed by atoms with Gasteiger partial charge in [-0.05, 0) is 50.6 Å². The van der Waals surface area contributed by atoms with Crippen LogP contribution in [0.2, 0.25) is 0 Å². The second-order valence-electron chi connectivity index (χ2n) is 6.42. The molecule has 146 valence electrons. The number of aryl methyl sites for hydroxylation is 1. The molecule has 0 spiro atoms. The monoisotopic (exact) mass is 394 g/mol. The number of piperidine rings is 1. The molecule has 1 aliphatic rings. The number of rotatable bonds is 5. The van der Waals surface area contributed by atoms with Gasteiger partial charge in [0.1, 0.15) is 0 Å². The summed E-state index contributed by atoms with van der Waals surface area (Å²) in [6, 6.07) is 2.55. The molecule has 26 heavy (non-hydrogen) atoms. The lowest BCUT2D eigenvalue weighted by molar-refractivity contribution is -0.139. The highest BCUT2D eigenvalue weighted by atomic mass is 32.2. The van der Waals surface area contributed by atoms with Gasteiger partial charge in [0.05, 0.1) is 17.0 Å². The van der Waals surface area contributed by atoms with Gasteiger partial charge in [-0.2, -0.15) is 17.5 Å². The average molecular weight is 394 g/mol. The molecule has 1 saturated heterocycles. The van der Waals surface area contributed by atoms with Crippen LogP contribution in [0, 0.1) is 6.92 Å². The lowest BCUT2D eigenvalue weighted by Crippen LogP contribution is -2.46. The van der Waals surface area contributed by atoms with Crippen molar-refractivity contribution in [3.8, 4) is 0 Å². The van der Waals surface area contributed by atoms with E-state index in [1.54, 1.807) is 11.9 Å². The normalized spacial score (nSPS) is 17.6. The van der Waals surface area contributed by atoms with E-state index in [1.807, 2.05) is 0 Å². The smallest absolute Gasteiger partial charge is 0.416 e. The summed E-state index contributed by atoms with van der Waals surface area (Å²) < 4.78 is 65.0. The Morgan fingerprint density at radius 3 is 2.35 bits per heavy atom. The van der Waals surface area contributed by atoms with E-state index in [-0.39, 0.29) is 36.1 Å². The maximum Gasteiger partial charge on any atom is 0.416 e. The molecule has 10 heteroatoms. The summed E-state index contributed by atoms with van der Waals surface area (Å²) in [5.41, 5.74) is -0.840. The summed E-state index contributed by atoms with van der Waals surface area (Å²) >= 11 is 0. The fourth-order valence-electron chi connectivity index (χ4n) is 3.12. The largest absolute Gasteiger partial charge is 0.480 e. The SMILES string of the molecule is Cc1cc(C(F)(F)F)ccc1S(=O)(=O)N1CCC(N(C)CC(=O)O)CC1. The first kappa shape index (κ1) is 20.7. The van der Waals surface area contributed by atoms with Gasteiger partial charge in [0.2, 0.25) is 10.0 Å². The van der Waals surface area contributed by atoms with Gasteiger partial charge in [0.15, 0.2) is 0 Å². The van der Waals surface area contributed by atoms with Crippen LogP contribution in [-0.2, 0) is 21.0 Å². The molecular formula is C16H21F3N2O4S. The van der Waals surface area contributed by atoms with Crippen LogP contribution in [0.25, 0.3) is 0 Å². The fourth-order valence-corrected chi connectivity index (χ4v) is 4.80. The van der Waals surface area contributed by atoms with E-state index >= 15 is 0 Å². The highest BCUT2D eigenvalue weighted by Crippen LogP contribution is 2.32. The molecule has 0 aromatic heterocycles. The zero-order valence-electron chi connectivity index (χ0n) is 14.5. The summed E-state index contributed by atoms with van der Waals surface area (Å²) in [4.78, 5) is 12.3. The predicted octanol–water partition coefficient (Wildman–Crippen LogP) is 2.18. The van der Waals surface area contributed by atoms with E-state index in [0.717, 1.165) is 18.2 Å². The average Bonchev–Trinajstić information content (AvgIpc) is 2.53. The number of hydrogen-bond acceptors (Lipinski definition) is 4. The Labute approximate surface area is 150 Å². The predicted molar refractivity (Wildman–Crippen MR) is 88.2 cm³/mol. The van der Waals surface area contributed by atoms with Gasteiger partial charge in [-0.25, -0.2) is 8.42 Å². The maximum atomic E-state index is 12.8. The summed E-state index contributed by atoms with van der Waals surface area (Å²) in [5, 5.41) is 8.83. The van der Waals surface area contributed by atoms with Crippen LogP contribution in [0.15, 0.2) is 23.1 Å². The van der Waals surface area contributed by atoms with E-state index in [1.165, 1.54) is 11.2 Å². The van der Waals surface area contributed by atoms with E-state index in [9.17, 15) is 26.4 Å². The molecule has 0 bridgehead atoms. The molecular weight excluding hydrogens is 373 g/mol. The van der Waals surface area contributed by atoms with Crippen LogP contribution in [0.3, 0.4) is 0 Å². The van der Waals surface area contributed by atoms with Gasteiger partial charge >= 0.3 is 12.1 Å². The van der Waals surface area contributed by atoms with Crippen molar-refractivity contribution in [1.82, 2.24) is 9.21 Å².